The van der Waals surface area contributed by atoms with Crippen molar-refractivity contribution >= 4 is 32.5 Å². The van der Waals surface area contributed by atoms with Gasteiger partial charge in [-0.25, -0.2) is 13.1 Å². The van der Waals surface area contributed by atoms with Gasteiger partial charge in [0.25, 0.3) is 5.91 Å². The minimum absolute atomic E-state index is 0.181. The van der Waals surface area contributed by atoms with Crippen LogP contribution in [0.25, 0.3) is 10.9 Å². The number of aryl methyl sites for hydroxylation is 1. The molecule has 1 saturated carbocycles. The van der Waals surface area contributed by atoms with Crippen LogP contribution in [0.3, 0.4) is 0 Å². The largest absolute Gasteiger partial charge is 0.493 e. The summed E-state index contributed by atoms with van der Waals surface area (Å²) >= 11 is 0. The number of pyridine rings is 1. The molecular formula is C25H30N4O4S. The summed E-state index contributed by atoms with van der Waals surface area (Å²) in [5, 5.41) is 7.16. The number of ether oxygens (including phenoxy) is 1. The molecule has 1 aliphatic carbocycles. The Morgan fingerprint density at radius 2 is 1.88 bits per heavy atom. The summed E-state index contributed by atoms with van der Waals surface area (Å²) in [5.74, 6) is 1.29. The number of carbonyl (C=O) groups excluding carboxylic acids is 1. The molecule has 180 valence electrons. The molecule has 1 heterocycles. The van der Waals surface area contributed by atoms with Crippen molar-refractivity contribution in [3.05, 3.63) is 65.4 Å². The average Bonchev–Trinajstić information content (AvgIpc) is 3.63. The summed E-state index contributed by atoms with van der Waals surface area (Å²) in [6.07, 6.45) is 5.41. The number of nitrogens with zero attached hydrogens (tertiary/aromatic N) is 1. The zero-order valence-electron chi connectivity index (χ0n) is 19.4. The fourth-order valence-corrected chi connectivity index (χ4v) is 4.05. The summed E-state index contributed by atoms with van der Waals surface area (Å²) in [6.45, 7) is 4.11. The summed E-state index contributed by atoms with van der Waals surface area (Å²) in [4.78, 5) is 17.3. The highest BCUT2D eigenvalue weighted by Gasteiger charge is 2.21. The number of anilines is 1. The average molecular weight is 483 g/mol. The molecular weight excluding hydrogens is 452 g/mol. The first-order valence-corrected chi connectivity index (χ1v) is 13.3. The molecule has 34 heavy (non-hydrogen) atoms. The lowest BCUT2D eigenvalue weighted by Crippen LogP contribution is -2.30. The maximum atomic E-state index is 12.8. The van der Waals surface area contributed by atoms with Gasteiger partial charge in [-0.15, -0.1) is 0 Å². The lowest BCUT2D eigenvalue weighted by molar-refractivity contribution is 0.102. The third-order valence-corrected chi connectivity index (χ3v) is 6.43. The summed E-state index contributed by atoms with van der Waals surface area (Å²) in [7, 11) is -3.18. The first-order valence-electron chi connectivity index (χ1n) is 11.4. The second-order valence-electron chi connectivity index (χ2n) is 8.73. The van der Waals surface area contributed by atoms with Crippen LogP contribution in [0.4, 0.5) is 5.69 Å². The second-order valence-corrected chi connectivity index (χ2v) is 10.6. The van der Waals surface area contributed by atoms with E-state index in [0.717, 1.165) is 46.3 Å². The van der Waals surface area contributed by atoms with E-state index in [0.29, 0.717) is 31.1 Å². The monoisotopic (exact) mass is 482 g/mol. The van der Waals surface area contributed by atoms with Gasteiger partial charge in [0.15, 0.2) is 0 Å². The highest BCUT2D eigenvalue weighted by atomic mass is 32.2. The number of rotatable bonds is 11. The molecule has 9 heteroatoms. The Labute approximate surface area is 200 Å². The van der Waals surface area contributed by atoms with Crippen LogP contribution in [0.1, 0.15) is 34.3 Å². The summed E-state index contributed by atoms with van der Waals surface area (Å²) < 4.78 is 30.4. The van der Waals surface area contributed by atoms with Gasteiger partial charge in [-0.1, -0.05) is 6.07 Å². The molecule has 4 rings (SSSR count). The molecule has 0 saturated heterocycles. The van der Waals surface area contributed by atoms with Crippen LogP contribution >= 0.6 is 0 Å². The molecule has 0 atom stereocenters. The van der Waals surface area contributed by atoms with Crippen molar-refractivity contribution in [1.29, 1.82) is 0 Å². The number of fused-ring (bicyclic) bond motifs is 1. The van der Waals surface area contributed by atoms with Crippen molar-refractivity contribution in [1.82, 2.24) is 15.0 Å². The number of aromatic nitrogens is 1. The third kappa shape index (κ3) is 6.75. The molecule has 1 amide bonds. The van der Waals surface area contributed by atoms with Gasteiger partial charge >= 0.3 is 0 Å². The highest BCUT2D eigenvalue weighted by Crippen LogP contribution is 2.29. The van der Waals surface area contributed by atoms with E-state index in [1.807, 2.05) is 37.3 Å². The quantitative estimate of drug-likeness (QED) is 0.362. The Bertz CT molecular complexity index is 1270. The standard InChI is InChI=1S/C25H30N4O4S/c1-17-23(29-25(30)20-5-8-22(9-6-20)33-16-18-3-4-18)10-7-21-13-19(15-27-24(17)21)14-26-11-12-28-34(2,31)32/h5-10,13,15,18,26,28H,3-4,11-12,14,16H2,1-2H3,(H,29,30). The first-order chi connectivity index (χ1) is 16.3. The number of hydrogen-bond acceptors (Lipinski definition) is 6. The van der Waals surface area contributed by atoms with E-state index >= 15 is 0 Å². The number of benzene rings is 2. The highest BCUT2D eigenvalue weighted by molar-refractivity contribution is 7.88. The van der Waals surface area contributed by atoms with E-state index in [4.69, 9.17) is 4.74 Å². The van der Waals surface area contributed by atoms with E-state index < -0.39 is 10.0 Å². The molecule has 0 unspecified atom stereocenters. The SMILES string of the molecule is Cc1c(NC(=O)c2ccc(OCC3CC3)cc2)ccc2cc(CNCCNS(C)(=O)=O)cnc12. The molecule has 0 spiro atoms. The first kappa shape index (κ1) is 24.1. The minimum Gasteiger partial charge on any atom is -0.493 e. The van der Waals surface area contributed by atoms with Gasteiger partial charge in [-0.05, 0) is 73.2 Å². The van der Waals surface area contributed by atoms with Gasteiger partial charge in [0.2, 0.25) is 10.0 Å². The number of amides is 1. The van der Waals surface area contributed by atoms with Gasteiger partial charge in [0, 0.05) is 42.5 Å². The minimum atomic E-state index is -3.18. The number of nitrogens with one attached hydrogen (secondary N) is 3. The molecule has 0 aliphatic heterocycles. The van der Waals surface area contributed by atoms with Gasteiger partial charge < -0.3 is 15.4 Å². The lowest BCUT2D eigenvalue weighted by Gasteiger charge is -2.12. The molecule has 1 aromatic heterocycles. The smallest absolute Gasteiger partial charge is 0.255 e. The number of sulfonamides is 1. The Kier molecular flexibility index (Phi) is 7.45. The number of carbonyl (C=O) groups is 1. The topological polar surface area (TPSA) is 109 Å². The maximum absolute atomic E-state index is 12.8. The predicted octanol–water partition coefficient (Wildman–Crippen LogP) is 3.22. The van der Waals surface area contributed by atoms with E-state index in [2.05, 4.69) is 20.3 Å². The number of hydrogen-bond donors (Lipinski definition) is 3. The van der Waals surface area contributed by atoms with Crippen LogP contribution in [0.2, 0.25) is 0 Å². The predicted molar refractivity (Wildman–Crippen MR) is 134 cm³/mol. The molecule has 0 bridgehead atoms. The van der Waals surface area contributed by atoms with Crippen LogP contribution in [0.5, 0.6) is 5.75 Å². The van der Waals surface area contributed by atoms with Gasteiger partial charge in [0.05, 0.1) is 18.4 Å². The van der Waals surface area contributed by atoms with E-state index in [1.54, 1.807) is 18.3 Å². The normalized spacial score (nSPS) is 13.7. The van der Waals surface area contributed by atoms with Crippen molar-refractivity contribution in [2.75, 3.05) is 31.3 Å². The van der Waals surface area contributed by atoms with Crippen molar-refractivity contribution in [2.24, 2.45) is 5.92 Å². The van der Waals surface area contributed by atoms with Crippen LogP contribution < -0.4 is 20.1 Å². The van der Waals surface area contributed by atoms with Gasteiger partial charge in [0.1, 0.15) is 5.75 Å². The summed E-state index contributed by atoms with van der Waals surface area (Å²) in [6, 6.07) is 13.1. The van der Waals surface area contributed by atoms with Gasteiger partial charge in [-0.2, -0.15) is 0 Å². The molecule has 0 radical (unpaired) electrons. The zero-order chi connectivity index (χ0) is 24.1. The Morgan fingerprint density at radius 3 is 2.59 bits per heavy atom. The Balaban J connectivity index is 1.35. The van der Waals surface area contributed by atoms with Crippen LogP contribution in [0.15, 0.2) is 48.7 Å². The van der Waals surface area contributed by atoms with Crippen LogP contribution in [-0.4, -0.2) is 45.3 Å². The fourth-order valence-electron chi connectivity index (χ4n) is 3.58. The molecule has 2 aromatic carbocycles. The lowest BCUT2D eigenvalue weighted by atomic mass is 10.1. The van der Waals surface area contributed by atoms with Crippen LogP contribution in [0, 0.1) is 12.8 Å². The van der Waals surface area contributed by atoms with E-state index in [9.17, 15) is 13.2 Å². The van der Waals surface area contributed by atoms with Crippen molar-refractivity contribution in [3.63, 3.8) is 0 Å². The molecule has 1 fully saturated rings. The van der Waals surface area contributed by atoms with Crippen molar-refractivity contribution in [2.45, 2.75) is 26.3 Å². The maximum Gasteiger partial charge on any atom is 0.255 e. The molecule has 3 aromatic rings. The van der Waals surface area contributed by atoms with Crippen molar-refractivity contribution in [3.8, 4) is 5.75 Å². The van der Waals surface area contributed by atoms with Crippen LogP contribution in [-0.2, 0) is 16.6 Å². The molecule has 8 nitrogen and oxygen atoms in total. The molecule has 3 N–H and O–H groups in total. The van der Waals surface area contributed by atoms with E-state index in [-0.39, 0.29) is 5.91 Å². The van der Waals surface area contributed by atoms with Crippen molar-refractivity contribution < 1.29 is 17.9 Å². The van der Waals surface area contributed by atoms with E-state index in [1.165, 1.54) is 12.8 Å². The third-order valence-electron chi connectivity index (χ3n) is 5.71. The summed E-state index contributed by atoms with van der Waals surface area (Å²) in [5.41, 5.74) is 4.00. The van der Waals surface area contributed by atoms with Gasteiger partial charge in [-0.3, -0.25) is 9.78 Å². The molecule has 1 aliphatic rings. The second kappa shape index (κ2) is 10.5. The Hall–Kier alpha value is -3.01. The fraction of sp³-hybridized carbons (Fsp3) is 0.360. The zero-order valence-corrected chi connectivity index (χ0v) is 20.2. The Morgan fingerprint density at radius 1 is 1.12 bits per heavy atom.